The SMILES string of the molecule is C[C@@]12CN(C(=O)Nc3nc(C4CC4)ns3)C[C@]1(C)CS(=O)(=O)C2. The van der Waals surface area contributed by atoms with Crippen molar-refractivity contribution in [1.82, 2.24) is 14.3 Å². The number of amides is 2. The zero-order valence-electron chi connectivity index (χ0n) is 13.2. The average Bonchev–Trinajstić information content (AvgIpc) is 3.06. The molecule has 0 unspecified atom stereocenters. The lowest BCUT2D eigenvalue weighted by Gasteiger charge is -2.29. The second kappa shape index (κ2) is 4.66. The molecule has 1 aromatic rings. The van der Waals surface area contributed by atoms with Crippen molar-refractivity contribution in [2.75, 3.05) is 29.9 Å². The van der Waals surface area contributed by atoms with Gasteiger partial charge >= 0.3 is 6.03 Å². The minimum atomic E-state index is -3.01. The molecule has 4 rings (SSSR count). The number of likely N-dealkylation sites (tertiary alicyclic amines) is 1. The van der Waals surface area contributed by atoms with Crippen molar-refractivity contribution in [2.24, 2.45) is 10.8 Å². The number of carbonyl (C=O) groups is 1. The number of sulfone groups is 1. The Morgan fingerprint density at radius 1 is 1.26 bits per heavy atom. The maximum absolute atomic E-state index is 12.5. The van der Waals surface area contributed by atoms with E-state index in [-0.39, 0.29) is 28.4 Å². The Labute approximate surface area is 139 Å². The molecule has 1 saturated carbocycles. The van der Waals surface area contributed by atoms with Crippen LogP contribution in [0.5, 0.6) is 0 Å². The van der Waals surface area contributed by atoms with Crippen molar-refractivity contribution < 1.29 is 13.2 Å². The van der Waals surface area contributed by atoms with Gasteiger partial charge in [0.25, 0.3) is 0 Å². The summed E-state index contributed by atoms with van der Waals surface area (Å²) in [6, 6.07) is -0.210. The van der Waals surface area contributed by atoms with Crippen LogP contribution in [0.15, 0.2) is 0 Å². The highest BCUT2D eigenvalue weighted by atomic mass is 32.2. The van der Waals surface area contributed by atoms with E-state index in [2.05, 4.69) is 14.7 Å². The van der Waals surface area contributed by atoms with E-state index in [4.69, 9.17) is 0 Å². The van der Waals surface area contributed by atoms with E-state index in [0.717, 1.165) is 18.7 Å². The molecule has 2 amide bonds. The lowest BCUT2D eigenvalue weighted by atomic mass is 9.71. The number of fused-ring (bicyclic) bond motifs is 1. The molecule has 2 atom stereocenters. The number of aromatic nitrogens is 2. The van der Waals surface area contributed by atoms with Crippen LogP contribution < -0.4 is 5.32 Å². The van der Waals surface area contributed by atoms with E-state index in [0.29, 0.717) is 24.1 Å². The van der Waals surface area contributed by atoms with Crippen LogP contribution >= 0.6 is 11.5 Å². The Bertz CT molecular complexity index is 747. The average molecular weight is 356 g/mol. The molecule has 126 valence electrons. The molecule has 3 heterocycles. The van der Waals surface area contributed by atoms with Crippen molar-refractivity contribution in [2.45, 2.75) is 32.6 Å². The van der Waals surface area contributed by atoms with Crippen molar-refractivity contribution in [1.29, 1.82) is 0 Å². The predicted molar refractivity (Wildman–Crippen MR) is 87.3 cm³/mol. The molecule has 0 aromatic carbocycles. The van der Waals surface area contributed by atoms with Gasteiger partial charge in [0.05, 0.1) is 11.5 Å². The van der Waals surface area contributed by atoms with Crippen molar-refractivity contribution >= 4 is 32.5 Å². The Morgan fingerprint density at radius 3 is 2.43 bits per heavy atom. The maximum atomic E-state index is 12.5. The summed E-state index contributed by atoms with van der Waals surface area (Å²) in [6.45, 7) is 4.87. The lowest BCUT2D eigenvalue weighted by Crippen LogP contribution is -2.36. The van der Waals surface area contributed by atoms with Crippen molar-refractivity contribution in [3.05, 3.63) is 5.82 Å². The summed E-state index contributed by atoms with van der Waals surface area (Å²) in [4.78, 5) is 18.6. The molecule has 9 heteroatoms. The molecular formula is C14H20N4O3S2. The van der Waals surface area contributed by atoms with Gasteiger partial charge in [0.15, 0.2) is 9.84 Å². The van der Waals surface area contributed by atoms with Crippen LogP contribution in [0, 0.1) is 10.8 Å². The number of nitrogens with one attached hydrogen (secondary N) is 1. The molecule has 0 radical (unpaired) electrons. The Morgan fingerprint density at radius 2 is 1.87 bits per heavy atom. The van der Waals surface area contributed by atoms with E-state index >= 15 is 0 Å². The largest absolute Gasteiger partial charge is 0.323 e. The quantitative estimate of drug-likeness (QED) is 0.871. The lowest BCUT2D eigenvalue weighted by molar-refractivity contribution is 0.212. The van der Waals surface area contributed by atoms with E-state index in [1.165, 1.54) is 11.5 Å². The molecule has 1 aliphatic carbocycles. The molecule has 0 spiro atoms. The van der Waals surface area contributed by atoms with Crippen LogP contribution in [-0.4, -0.2) is 53.3 Å². The summed E-state index contributed by atoms with van der Waals surface area (Å²) >= 11 is 1.21. The van der Waals surface area contributed by atoms with E-state index in [9.17, 15) is 13.2 Å². The van der Waals surface area contributed by atoms with E-state index in [1.54, 1.807) is 4.90 Å². The van der Waals surface area contributed by atoms with Gasteiger partial charge in [-0.05, 0) is 12.8 Å². The van der Waals surface area contributed by atoms with Crippen LogP contribution in [0.2, 0.25) is 0 Å². The first-order valence-electron chi connectivity index (χ1n) is 7.80. The van der Waals surface area contributed by atoms with Gasteiger partial charge in [0.2, 0.25) is 5.13 Å². The molecule has 2 aliphatic heterocycles. The summed E-state index contributed by atoms with van der Waals surface area (Å²) in [5, 5.41) is 3.34. The molecule has 7 nitrogen and oxygen atoms in total. The Hall–Kier alpha value is -1.22. The standard InChI is InChI=1S/C14H20N4O3S2/c1-13-5-18(6-14(13,2)8-23(20,21)7-13)12(19)16-11-15-10(17-22-11)9-3-4-9/h9H,3-8H2,1-2H3,(H,15,16,17,19)/t13-,14+. The monoisotopic (exact) mass is 356 g/mol. The molecule has 1 aromatic heterocycles. The molecule has 3 fully saturated rings. The van der Waals surface area contributed by atoms with Crippen LogP contribution in [0.1, 0.15) is 38.4 Å². The van der Waals surface area contributed by atoms with Gasteiger partial charge in [0.1, 0.15) is 5.82 Å². The number of carbonyl (C=O) groups excluding carboxylic acids is 1. The van der Waals surface area contributed by atoms with Gasteiger partial charge < -0.3 is 4.90 Å². The van der Waals surface area contributed by atoms with Gasteiger partial charge in [-0.15, -0.1) is 0 Å². The highest BCUT2D eigenvalue weighted by Crippen LogP contribution is 2.52. The number of nitrogens with zero attached hydrogens (tertiary/aromatic N) is 3. The van der Waals surface area contributed by atoms with Crippen LogP contribution in [0.4, 0.5) is 9.93 Å². The third-order valence-corrected chi connectivity index (χ3v) is 8.30. The number of hydrogen-bond donors (Lipinski definition) is 1. The van der Waals surface area contributed by atoms with E-state index < -0.39 is 9.84 Å². The molecule has 1 N–H and O–H groups in total. The summed E-state index contributed by atoms with van der Waals surface area (Å²) in [5.41, 5.74) is -0.743. The molecule has 2 saturated heterocycles. The maximum Gasteiger partial charge on any atom is 0.323 e. The third-order valence-electron chi connectivity index (χ3n) is 5.50. The minimum Gasteiger partial charge on any atom is -0.323 e. The van der Waals surface area contributed by atoms with Crippen LogP contribution in [0.25, 0.3) is 0 Å². The van der Waals surface area contributed by atoms with Gasteiger partial charge in [-0.3, -0.25) is 5.32 Å². The zero-order chi connectivity index (χ0) is 16.5. The zero-order valence-corrected chi connectivity index (χ0v) is 14.8. The number of rotatable bonds is 2. The van der Waals surface area contributed by atoms with Gasteiger partial charge in [-0.25, -0.2) is 18.2 Å². The van der Waals surface area contributed by atoms with Gasteiger partial charge in [-0.2, -0.15) is 4.37 Å². The highest BCUT2D eigenvalue weighted by Gasteiger charge is 2.61. The van der Waals surface area contributed by atoms with Crippen molar-refractivity contribution in [3.8, 4) is 0 Å². The topological polar surface area (TPSA) is 92.3 Å². The van der Waals surface area contributed by atoms with Crippen molar-refractivity contribution in [3.63, 3.8) is 0 Å². The first-order chi connectivity index (χ1) is 10.7. The van der Waals surface area contributed by atoms with Gasteiger partial charge in [-0.1, -0.05) is 13.8 Å². The summed E-state index contributed by atoms with van der Waals surface area (Å²) < 4.78 is 28.2. The fraction of sp³-hybridized carbons (Fsp3) is 0.786. The first-order valence-corrected chi connectivity index (χ1v) is 10.4. The molecule has 23 heavy (non-hydrogen) atoms. The summed E-state index contributed by atoms with van der Waals surface area (Å²) in [6.07, 6.45) is 2.25. The van der Waals surface area contributed by atoms with Gasteiger partial charge in [0, 0.05) is 41.4 Å². The number of hydrogen-bond acceptors (Lipinski definition) is 6. The fourth-order valence-corrected chi connectivity index (χ4v) is 7.41. The highest BCUT2D eigenvalue weighted by molar-refractivity contribution is 7.91. The third kappa shape index (κ3) is 2.53. The van der Waals surface area contributed by atoms with Crippen LogP contribution in [0.3, 0.4) is 0 Å². The smallest absolute Gasteiger partial charge is 0.323 e. The van der Waals surface area contributed by atoms with E-state index in [1.807, 2.05) is 13.8 Å². The number of anilines is 1. The fourth-order valence-electron chi connectivity index (χ4n) is 3.85. The van der Waals surface area contributed by atoms with Crippen LogP contribution in [-0.2, 0) is 9.84 Å². The second-order valence-corrected chi connectivity index (χ2v) is 10.5. The number of urea groups is 1. The normalized spacial score (nSPS) is 35.3. The minimum absolute atomic E-state index is 0.158. The Kier molecular flexibility index (Phi) is 3.10. The predicted octanol–water partition coefficient (Wildman–Crippen LogP) is 1.70. The Balaban J connectivity index is 1.46. The molecule has 3 aliphatic rings. The molecular weight excluding hydrogens is 336 g/mol. The summed E-state index contributed by atoms with van der Waals surface area (Å²) in [5.74, 6) is 1.61. The second-order valence-electron chi connectivity index (χ2n) is 7.67. The summed E-state index contributed by atoms with van der Waals surface area (Å²) in [7, 11) is -3.01. The molecule has 0 bridgehead atoms. The first kappa shape index (κ1) is 15.3.